The van der Waals surface area contributed by atoms with Gasteiger partial charge in [0.25, 0.3) is 5.91 Å². The Kier molecular flexibility index (Phi) is 6.24. The molecule has 9 nitrogen and oxygen atoms in total. The lowest BCUT2D eigenvalue weighted by atomic mass is 9.98. The molecule has 2 aromatic heterocycles. The molecular formula is C26H24FN3O6S. The van der Waals surface area contributed by atoms with Crippen LogP contribution in [0.5, 0.6) is 11.6 Å². The third-order valence-corrected chi connectivity index (χ3v) is 7.37. The topological polar surface area (TPSA) is 111 Å². The Morgan fingerprint density at radius 1 is 1.24 bits per heavy atom. The van der Waals surface area contributed by atoms with E-state index in [0.717, 1.165) is 10.6 Å². The molecule has 1 unspecified atom stereocenters. The van der Waals surface area contributed by atoms with Gasteiger partial charge in [0.05, 0.1) is 17.5 Å². The number of nitrogens with zero attached hydrogens (tertiary/aromatic N) is 2. The summed E-state index contributed by atoms with van der Waals surface area (Å²) < 4.78 is 57.7. The number of carbonyl (C=O) groups is 1. The number of hydrogen-bond acceptors (Lipinski definition) is 7. The number of fused-ring (bicyclic) bond motifs is 3. The molecule has 0 fully saturated rings. The lowest BCUT2D eigenvalue weighted by Crippen LogP contribution is -2.26. The smallest absolute Gasteiger partial charge is 0.255 e. The summed E-state index contributed by atoms with van der Waals surface area (Å²) in [5.74, 6) is 0.158. The van der Waals surface area contributed by atoms with Crippen molar-refractivity contribution in [1.29, 1.82) is 0 Å². The van der Waals surface area contributed by atoms with Crippen LogP contribution in [0.3, 0.4) is 0 Å². The van der Waals surface area contributed by atoms with Crippen LogP contribution in [0.2, 0.25) is 0 Å². The van der Waals surface area contributed by atoms with Gasteiger partial charge in [0.15, 0.2) is 0 Å². The Balaban J connectivity index is 1.67. The maximum Gasteiger partial charge on any atom is 0.255 e. The fourth-order valence-corrected chi connectivity index (χ4v) is 4.83. The van der Waals surface area contributed by atoms with Crippen molar-refractivity contribution < 1.29 is 31.5 Å². The average molecular weight is 526 g/mol. The van der Waals surface area contributed by atoms with Gasteiger partial charge in [-0.2, -0.15) is 0 Å². The highest BCUT2D eigenvalue weighted by atomic mass is 32.2. The fourth-order valence-electron chi connectivity index (χ4n) is 4.33. The number of rotatable bonds is 7. The van der Waals surface area contributed by atoms with Crippen LogP contribution >= 0.6 is 0 Å². The highest BCUT2D eigenvalue weighted by Gasteiger charge is 2.35. The average Bonchev–Trinajstić information content (AvgIpc) is 3.48. The van der Waals surface area contributed by atoms with Crippen LogP contribution < -0.4 is 19.1 Å². The van der Waals surface area contributed by atoms with Crippen molar-refractivity contribution in [2.75, 3.05) is 31.3 Å². The molecule has 0 spiro atoms. The molecule has 1 amide bonds. The van der Waals surface area contributed by atoms with Gasteiger partial charge in [0.1, 0.15) is 35.6 Å². The molecule has 0 saturated carbocycles. The zero-order valence-electron chi connectivity index (χ0n) is 20.3. The lowest BCUT2D eigenvalue weighted by Gasteiger charge is -2.20. The first kappa shape index (κ1) is 24.6. The molecule has 192 valence electrons. The second-order valence-electron chi connectivity index (χ2n) is 8.62. The summed E-state index contributed by atoms with van der Waals surface area (Å²) >= 11 is 0. The highest BCUT2D eigenvalue weighted by Crippen LogP contribution is 2.47. The zero-order valence-corrected chi connectivity index (χ0v) is 21.1. The maximum absolute atomic E-state index is 13.6. The van der Waals surface area contributed by atoms with Gasteiger partial charge >= 0.3 is 0 Å². The van der Waals surface area contributed by atoms with Crippen molar-refractivity contribution in [2.24, 2.45) is 0 Å². The molecule has 1 N–H and O–H groups in total. The van der Waals surface area contributed by atoms with E-state index in [2.05, 4.69) is 10.3 Å². The quantitative estimate of drug-likeness (QED) is 0.391. The van der Waals surface area contributed by atoms with Gasteiger partial charge in [-0.25, -0.2) is 17.8 Å². The predicted octanol–water partition coefficient (Wildman–Crippen LogP) is 3.77. The van der Waals surface area contributed by atoms with E-state index in [-0.39, 0.29) is 23.6 Å². The van der Waals surface area contributed by atoms with Crippen LogP contribution in [0.15, 0.2) is 59.1 Å². The molecule has 3 heterocycles. The Bertz CT molecular complexity index is 1590. The standard InChI is InChI=1S/C26H24FN3O6S/c1-28-26(31)23-22-18-12-17(14-34-21-6-4-5-11-29-21)35-25(18)19(30(2)37(3,32)33)13-20(22)36-24(23)15-7-9-16(27)10-8-15/h4-11,13,17H,12,14H2,1-3H3,(H,28,31). The van der Waals surface area contributed by atoms with Crippen molar-refractivity contribution in [3.63, 3.8) is 0 Å². The monoisotopic (exact) mass is 525 g/mol. The first-order chi connectivity index (χ1) is 17.7. The summed E-state index contributed by atoms with van der Waals surface area (Å²) in [6.07, 6.45) is 2.55. The summed E-state index contributed by atoms with van der Waals surface area (Å²) in [6, 6.07) is 12.4. The number of amides is 1. The van der Waals surface area contributed by atoms with E-state index in [4.69, 9.17) is 13.9 Å². The van der Waals surface area contributed by atoms with Gasteiger partial charge in [-0.3, -0.25) is 9.10 Å². The van der Waals surface area contributed by atoms with Crippen LogP contribution in [-0.2, 0) is 16.4 Å². The number of furan rings is 1. The van der Waals surface area contributed by atoms with Gasteiger partial charge in [-0.15, -0.1) is 0 Å². The molecule has 0 radical (unpaired) electrons. The molecule has 0 saturated heterocycles. The van der Waals surface area contributed by atoms with Crippen molar-refractivity contribution in [3.8, 4) is 23.0 Å². The van der Waals surface area contributed by atoms with E-state index in [1.807, 2.05) is 0 Å². The van der Waals surface area contributed by atoms with Crippen LogP contribution in [0.25, 0.3) is 22.3 Å². The van der Waals surface area contributed by atoms with Crippen molar-refractivity contribution in [1.82, 2.24) is 10.3 Å². The van der Waals surface area contributed by atoms with E-state index in [1.54, 1.807) is 24.4 Å². The first-order valence-corrected chi connectivity index (χ1v) is 13.3. The minimum atomic E-state index is -3.65. The third-order valence-electron chi connectivity index (χ3n) is 6.18. The minimum Gasteiger partial charge on any atom is -0.484 e. The van der Waals surface area contributed by atoms with Crippen molar-refractivity contribution in [3.05, 3.63) is 71.7 Å². The second kappa shape index (κ2) is 9.40. The molecule has 0 aliphatic carbocycles. The molecule has 11 heteroatoms. The lowest BCUT2D eigenvalue weighted by molar-refractivity contribution is 0.0964. The number of sulfonamides is 1. The summed E-state index contributed by atoms with van der Waals surface area (Å²) in [4.78, 5) is 17.2. The van der Waals surface area contributed by atoms with Gasteiger partial charge in [0, 0.05) is 55.4 Å². The highest BCUT2D eigenvalue weighted by molar-refractivity contribution is 7.92. The van der Waals surface area contributed by atoms with E-state index < -0.39 is 27.9 Å². The molecule has 4 aromatic rings. The van der Waals surface area contributed by atoms with Crippen LogP contribution in [0.1, 0.15) is 15.9 Å². The number of halogens is 1. The Morgan fingerprint density at radius 3 is 2.65 bits per heavy atom. The van der Waals surface area contributed by atoms with E-state index in [9.17, 15) is 17.6 Å². The molecular weight excluding hydrogens is 501 g/mol. The van der Waals surface area contributed by atoms with Gasteiger partial charge in [-0.1, -0.05) is 6.07 Å². The predicted molar refractivity (Wildman–Crippen MR) is 136 cm³/mol. The minimum absolute atomic E-state index is 0.146. The number of nitrogens with one attached hydrogen (secondary N) is 1. The zero-order chi connectivity index (χ0) is 26.3. The van der Waals surface area contributed by atoms with Crippen LogP contribution in [-0.4, -0.2) is 52.4 Å². The summed E-state index contributed by atoms with van der Waals surface area (Å²) in [5.41, 5.74) is 1.94. The number of pyridine rings is 1. The van der Waals surface area contributed by atoms with E-state index in [1.165, 1.54) is 44.4 Å². The molecule has 37 heavy (non-hydrogen) atoms. The number of ether oxygens (including phenoxy) is 2. The van der Waals surface area contributed by atoms with E-state index >= 15 is 0 Å². The number of benzene rings is 2. The Morgan fingerprint density at radius 2 is 2.00 bits per heavy atom. The van der Waals surface area contributed by atoms with Crippen molar-refractivity contribution >= 4 is 32.6 Å². The molecule has 0 bridgehead atoms. The van der Waals surface area contributed by atoms with Gasteiger partial charge < -0.3 is 19.2 Å². The number of carbonyl (C=O) groups excluding carboxylic acids is 1. The summed E-state index contributed by atoms with van der Waals surface area (Å²) in [6.45, 7) is 0.146. The van der Waals surface area contributed by atoms with Crippen LogP contribution in [0, 0.1) is 5.82 Å². The Hall–Kier alpha value is -4.12. The third kappa shape index (κ3) is 4.57. The molecule has 1 aliphatic heterocycles. The van der Waals surface area contributed by atoms with Crippen LogP contribution in [0.4, 0.5) is 10.1 Å². The number of aromatic nitrogens is 1. The fraction of sp³-hybridized carbons (Fsp3) is 0.231. The molecule has 1 aliphatic rings. The van der Waals surface area contributed by atoms with Crippen molar-refractivity contribution in [2.45, 2.75) is 12.5 Å². The summed E-state index contributed by atoms with van der Waals surface area (Å²) in [7, 11) is -0.731. The number of anilines is 1. The SMILES string of the molecule is CNC(=O)c1c(-c2ccc(F)cc2)oc2cc(N(C)S(C)(=O)=O)c3c(c12)CC(COc1ccccn1)O3. The largest absolute Gasteiger partial charge is 0.484 e. The van der Waals surface area contributed by atoms with E-state index in [0.29, 0.717) is 40.1 Å². The van der Waals surface area contributed by atoms with Gasteiger partial charge in [0.2, 0.25) is 15.9 Å². The normalized spacial score (nSPS) is 14.8. The van der Waals surface area contributed by atoms with Gasteiger partial charge in [-0.05, 0) is 30.3 Å². The molecule has 5 rings (SSSR count). The first-order valence-electron chi connectivity index (χ1n) is 11.4. The maximum atomic E-state index is 13.6. The Labute approximate surface area is 212 Å². The second-order valence-corrected chi connectivity index (χ2v) is 10.6. The number of hydrogen-bond donors (Lipinski definition) is 1. The molecule has 2 aromatic carbocycles. The molecule has 1 atom stereocenters. The summed E-state index contributed by atoms with van der Waals surface area (Å²) in [5, 5.41) is 3.14.